The van der Waals surface area contributed by atoms with Crippen LogP contribution < -0.4 is 5.73 Å². The fourth-order valence-electron chi connectivity index (χ4n) is 6.19. The lowest BCUT2D eigenvalue weighted by atomic mass is 9.87. The second-order valence-corrected chi connectivity index (χ2v) is 12.5. The number of pyridine rings is 1. The molecule has 39 heavy (non-hydrogen) atoms. The van der Waals surface area contributed by atoms with Gasteiger partial charge in [0.25, 0.3) is 5.91 Å². The predicted octanol–water partition coefficient (Wildman–Crippen LogP) is 3.06. The van der Waals surface area contributed by atoms with Gasteiger partial charge >= 0.3 is 0 Å². The minimum absolute atomic E-state index is 0.0121. The number of amides is 1. The molecule has 11 heteroatoms. The molecule has 3 N–H and O–H groups in total. The van der Waals surface area contributed by atoms with E-state index in [-0.39, 0.29) is 34.6 Å². The summed E-state index contributed by atoms with van der Waals surface area (Å²) in [6.07, 6.45) is 6.16. The van der Waals surface area contributed by atoms with Crippen molar-refractivity contribution in [2.75, 3.05) is 12.0 Å². The average molecular weight is 547 g/mol. The Labute approximate surface area is 226 Å². The van der Waals surface area contributed by atoms with E-state index in [1.165, 1.54) is 11.4 Å². The van der Waals surface area contributed by atoms with E-state index in [4.69, 9.17) is 10.7 Å². The van der Waals surface area contributed by atoms with E-state index in [1.807, 2.05) is 42.5 Å². The van der Waals surface area contributed by atoms with E-state index in [0.29, 0.717) is 29.7 Å². The van der Waals surface area contributed by atoms with Crippen LogP contribution in [-0.4, -0.2) is 68.4 Å². The Morgan fingerprint density at radius 3 is 2.33 bits per heavy atom. The lowest BCUT2D eigenvalue weighted by molar-refractivity contribution is -0.144. The van der Waals surface area contributed by atoms with Crippen molar-refractivity contribution in [3.8, 4) is 22.4 Å². The molecule has 2 aliphatic heterocycles. The molecular formula is C28H30N6O4S. The Kier molecular flexibility index (Phi) is 6.15. The number of anilines is 1. The largest absolute Gasteiger partial charge is 0.384 e. The highest BCUT2D eigenvalue weighted by Gasteiger charge is 2.46. The van der Waals surface area contributed by atoms with E-state index in [0.717, 1.165) is 35.9 Å². The standard InChI is InChI=1S/C28H30N6O4S/c1-16(35)28(36)33-20-9-10-21(33)13-19(12-20)24-25(39(2,37)38)26(29)34-27(32-24)22(15-31-34)18-8-11-23(30-14-18)17-6-4-3-5-7-17/h3-8,11,14-16,19-21,35H,9-10,12-13,29H2,1-2H3/t16-,19?,20+,21?/m0/s1. The van der Waals surface area contributed by atoms with Gasteiger partial charge in [0.2, 0.25) is 0 Å². The molecule has 6 rings (SSSR count). The highest BCUT2D eigenvalue weighted by Crippen LogP contribution is 2.45. The molecule has 0 saturated carbocycles. The average Bonchev–Trinajstić information content (AvgIpc) is 3.46. The maximum absolute atomic E-state index is 13.0. The summed E-state index contributed by atoms with van der Waals surface area (Å²) in [6, 6.07) is 13.6. The van der Waals surface area contributed by atoms with Crippen molar-refractivity contribution >= 4 is 27.2 Å². The Bertz CT molecular complexity index is 1650. The van der Waals surface area contributed by atoms with Crippen LogP contribution in [0.15, 0.2) is 59.8 Å². The first-order chi connectivity index (χ1) is 18.6. The number of aliphatic hydroxyl groups is 1. The summed E-state index contributed by atoms with van der Waals surface area (Å²) in [4.78, 5) is 24.0. The van der Waals surface area contributed by atoms with Crippen molar-refractivity contribution in [3.05, 3.63) is 60.6 Å². The molecule has 3 aromatic heterocycles. The zero-order valence-electron chi connectivity index (χ0n) is 21.7. The van der Waals surface area contributed by atoms with Crippen molar-refractivity contribution < 1.29 is 18.3 Å². The quantitative estimate of drug-likeness (QED) is 0.389. The molecule has 202 valence electrons. The van der Waals surface area contributed by atoms with Crippen LogP contribution in [0, 0.1) is 0 Å². The highest BCUT2D eigenvalue weighted by molar-refractivity contribution is 7.91. The minimum atomic E-state index is -3.74. The molecular weight excluding hydrogens is 516 g/mol. The number of carbonyl (C=O) groups is 1. The van der Waals surface area contributed by atoms with Crippen molar-refractivity contribution in [1.82, 2.24) is 24.5 Å². The van der Waals surface area contributed by atoms with Gasteiger partial charge in [0, 0.05) is 47.1 Å². The minimum Gasteiger partial charge on any atom is -0.384 e. The number of hydrogen-bond acceptors (Lipinski definition) is 8. The van der Waals surface area contributed by atoms with Gasteiger partial charge in [0.05, 0.1) is 17.6 Å². The number of nitrogen functional groups attached to an aromatic ring is 1. The fraction of sp³-hybridized carbons (Fsp3) is 0.357. The zero-order chi connectivity index (χ0) is 27.5. The summed E-state index contributed by atoms with van der Waals surface area (Å²) in [7, 11) is -3.74. The first-order valence-corrected chi connectivity index (χ1v) is 14.9. The molecule has 2 unspecified atom stereocenters. The molecule has 2 saturated heterocycles. The lowest BCUT2D eigenvalue weighted by Gasteiger charge is -2.39. The van der Waals surface area contributed by atoms with E-state index in [1.54, 1.807) is 17.3 Å². The van der Waals surface area contributed by atoms with E-state index >= 15 is 0 Å². The van der Waals surface area contributed by atoms with Crippen LogP contribution in [0.2, 0.25) is 0 Å². The first kappa shape index (κ1) is 25.4. The maximum atomic E-state index is 13.0. The third-order valence-corrected chi connectivity index (χ3v) is 9.07. The summed E-state index contributed by atoms with van der Waals surface area (Å²) < 4.78 is 27.3. The Morgan fingerprint density at radius 1 is 1.05 bits per heavy atom. The number of nitrogens with zero attached hydrogens (tertiary/aromatic N) is 5. The molecule has 0 radical (unpaired) electrons. The second-order valence-electron chi connectivity index (χ2n) is 10.6. The number of fused-ring (bicyclic) bond motifs is 3. The number of rotatable bonds is 5. The molecule has 0 aliphatic carbocycles. The van der Waals surface area contributed by atoms with Gasteiger partial charge in [0.1, 0.15) is 16.8 Å². The van der Waals surface area contributed by atoms with Crippen LogP contribution in [0.25, 0.3) is 28.0 Å². The van der Waals surface area contributed by atoms with Crippen molar-refractivity contribution in [2.24, 2.45) is 0 Å². The molecule has 2 bridgehead atoms. The summed E-state index contributed by atoms with van der Waals surface area (Å²) in [5.41, 5.74) is 10.7. The smallest absolute Gasteiger partial charge is 0.251 e. The van der Waals surface area contributed by atoms with Crippen LogP contribution in [0.5, 0.6) is 0 Å². The van der Waals surface area contributed by atoms with Crippen LogP contribution in [-0.2, 0) is 14.6 Å². The van der Waals surface area contributed by atoms with Crippen LogP contribution in [0.1, 0.15) is 44.2 Å². The van der Waals surface area contributed by atoms with Gasteiger partial charge in [0.15, 0.2) is 15.5 Å². The topological polar surface area (TPSA) is 144 Å². The molecule has 5 heterocycles. The number of piperidine rings is 1. The van der Waals surface area contributed by atoms with Crippen LogP contribution >= 0.6 is 0 Å². The third-order valence-electron chi connectivity index (χ3n) is 7.91. The van der Waals surface area contributed by atoms with Gasteiger partial charge < -0.3 is 15.7 Å². The summed E-state index contributed by atoms with van der Waals surface area (Å²) in [5, 5.41) is 14.3. The zero-order valence-corrected chi connectivity index (χ0v) is 22.5. The SMILES string of the molecule is C[C@H](O)C(=O)N1C2CC[C@@H]1CC(c1nc3c(-c4ccc(-c5ccccc5)nc4)cnn3c(N)c1S(C)(=O)=O)C2. The second kappa shape index (κ2) is 9.42. The van der Waals surface area contributed by atoms with Gasteiger partial charge in [-0.1, -0.05) is 36.4 Å². The van der Waals surface area contributed by atoms with Gasteiger partial charge in [-0.25, -0.2) is 13.4 Å². The Hall–Kier alpha value is -3.83. The fourth-order valence-corrected chi connectivity index (χ4v) is 7.25. The van der Waals surface area contributed by atoms with Crippen molar-refractivity contribution in [1.29, 1.82) is 0 Å². The highest BCUT2D eigenvalue weighted by atomic mass is 32.2. The number of aliphatic hydroxyl groups excluding tert-OH is 1. The number of aromatic nitrogens is 4. The number of hydrogen-bond donors (Lipinski definition) is 2. The van der Waals surface area contributed by atoms with Gasteiger partial charge in [-0.2, -0.15) is 9.61 Å². The summed E-state index contributed by atoms with van der Waals surface area (Å²) >= 11 is 0. The monoisotopic (exact) mass is 546 g/mol. The number of benzene rings is 1. The van der Waals surface area contributed by atoms with Gasteiger partial charge in [-0.3, -0.25) is 9.78 Å². The number of nitrogens with two attached hydrogens (primary N) is 1. The normalized spacial score (nSPS) is 21.8. The van der Waals surface area contributed by atoms with Gasteiger partial charge in [-0.15, -0.1) is 0 Å². The van der Waals surface area contributed by atoms with Crippen LogP contribution in [0.4, 0.5) is 5.82 Å². The first-order valence-electron chi connectivity index (χ1n) is 13.0. The van der Waals surface area contributed by atoms with Gasteiger partial charge in [-0.05, 0) is 38.7 Å². The number of carbonyl (C=O) groups excluding carboxylic acids is 1. The maximum Gasteiger partial charge on any atom is 0.251 e. The molecule has 1 amide bonds. The molecule has 10 nitrogen and oxygen atoms in total. The van der Waals surface area contributed by atoms with E-state index in [9.17, 15) is 18.3 Å². The summed E-state index contributed by atoms with van der Waals surface area (Å²) in [5.74, 6) is -0.469. The molecule has 1 aromatic carbocycles. The number of sulfone groups is 1. The Balaban J connectivity index is 1.43. The summed E-state index contributed by atoms with van der Waals surface area (Å²) in [6.45, 7) is 1.48. The molecule has 0 spiro atoms. The van der Waals surface area contributed by atoms with E-state index < -0.39 is 15.9 Å². The van der Waals surface area contributed by atoms with Crippen molar-refractivity contribution in [3.63, 3.8) is 0 Å². The van der Waals surface area contributed by atoms with Crippen molar-refractivity contribution in [2.45, 2.75) is 61.6 Å². The van der Waals surface area contributed by atoms with Crippen LogP contribution in [0.3, 0.4) is 0 Å². The molecule has 2 fully saturated rings. The molecule has 4 atom stereocenters. The molecule has 2 aliphatic rings. The lowest BCUT2D eigenvalue weighted by Crippen LogP contribution is -2.49. The predicted molar refractivity (Wildman–Crippen MR) is 146 cm³/mol. The third kappa shape index (κ3) is 4.35. The Morgan fingerprint density at radius 2 is 1.74 bits per heavy atom. The molecule has 4 aromatic rings. The van der Waals surface area contributed by atoms with E-state index in [2.05, 4.69) is 10.1 Å².